The van der Waals surface area contributed by atoms with Crippen LogP contribution in [-0.2, 0) is 5.54 Å². The zero-order chi connectivity index (χ0) is 18.8. The fourth-order valence-corrected chi connectivity index (χ4v) is 3.85. The van der Waals surface area contributed by atoms with E-state index in [1.54, 1.807) is 0 Å². The van der Waals surface area contributed by atoms with Crippen molar-refractivity contribution in [2.24, 2.45) is 0 Å². The molecule has 0 N–H and O–H groups in total. The number of hydrogen-bond acceptors (Lipinski definition) is 3. The number of carbonyl (C=O) groups excluding carboxylic acids is 1. The first kappa shape index (κ1) is 17.5. The molecule has 2 aliphatic rings. The first-order chi connectivity index (χ1) is 12.2. The molecule has 26 heavy (non-hydrogen) atoms. The molecule has 0 saturated heterocycles. The van der Waals surface area contributed by atoms with Gasteiger partial charge in [-0.1, -0.05) is 0 Å². The summed E-state index contributed by atoms with van der Waals surface area (Å²) in [6.07, 6.45) is 4.58. The molecule has 2 heterocycles. The molecule has 140 valence electrons. The van der Waals surface area contributed by atoms with Gasteiger partial charge in [-0.3, -0.25) is 4.79 Å². The molecule has 0 atom stereocenters. The number of rotatable bonds is 4. The molecule has 2 aliphatic carbocycles. The third-order valence-corrected chi connectivity index (χ3v) is 5.43. The van der Waals surface area contributed by atoms with Crippen molar-refractivity contribution in [1.29, 1.82) is 0 Å². The van der Waals surface area contributed by atoms with Crippen LogP contribution in [0.15, 0.2) is 6.07 Å². The van der Waals surface area contributed by atoms with E-state index in [1.807, 2.05) is 11.6 Å². The van der Waals surface area contributed by atoms with Crippen LogP contribution in [0.4, 0.5) is 0 Å². The van der Waals surface area contributed by atoms with Crippen molar-refractivity contribution in [1.82, 2.24) is 19.7 Å². The Balaban J connectivity index is 1.93. The molecule has 4 rings (SSSR count). The van der Waals surface area contributed by atoms with Gasteiger partial charge >= 0.3 is 0 Å². The number of aromatic nitrogens is 3. The predicted octanol–water partition coefficient (Wildman–Crippen LogP) is 4.39. The van der Waals surface area contributed by atoms with Gasteiger partial charge in [-0.15, -0.1) is 0 Å². The lowest BCUT2D eigenvalue weighted by molar-refractivity contribution is 0.0692. The predicted molar refractivity (Wildman–Crippen MR) is 104 cm³/mol. The molecule has 0 aliphatic heterocycles. The van der Waals surface area contributed by atoms with Gasteiger partial charge in [0.1, 0.15) is 0 Å². The molecule has 2 aromatic rings. The first-order valence-corrected chi connectivity index (χ1v) is 9.92. The van der Waals surface area contributed by atoms with Crippen LogP contribution in [0.5, 0.6) is 0 Å². The van der Waals surface area contributed by atoms with Crippen LogP contribution in [0.3, 0.4) is 0 Å². The van der Waals surface area contributed by atoms with E-state index in [2.05, 4.69) is 45.6 Å². The quantitative estimate of drug-likeness (QED) is 0.818. The van der Waals surface area contributed by atoms with E-state index in [0.29, 0.717) is 12.0 Å². The highest BCUT2D eigenvalue weighted by Gasteiger charge is 2.37. The van der Waals surface area contributed by atoms with Gasteiger partial charge in [-0.25, -0.2) is 9.67 Å². The molecule has 5 heteroatoms. The SMILES string of the molecule is Cc1nn(C(C)(C)C)c2nc(C3CC3)cc(C(=O)N(C(C)C)C3CC3)c12. The number of carbonyl (C=O) groups is 1. The summed E-state index contributed by atoms with van der Waals surface area (Å²) < 4.78 is 2.00. The lowest BCUT2D eigenvalue weighted by atomic mass is 10.0. The number of nitrogens with zero attached hydrogens (tertiary/aromatic N) is 4. The number of aryl methyl sites for hydroxylation is 1. The van der Waals surface area contributed by atoms with Crippen molar-refractivity contribution in [2.45, 2.75) is 90.8 Å². The minimum absolute atomic E-state index is 0.147. The summed E-state index contributed by atoms with van der Waals surface area (Å²) in [6.45, 7) is 12.6. The zero-order valence-electron chi connectivity index (χ0n) is 16.8. The van der Waals surface area contributed by atoms with E-state index < -0.39 is 0 Å². The van der Waals surface area contributed by atoms with Crippen molar-refractivity contribution in [3.8, 4) is 0 Å². The average molecular weight is 354 g/mol. The van der Waals surface area contributed by atoms with Crippen LogP contribution in [0.25, 0.3) is 11.0 Å². The highest BCUT2D eigenvalue weighted by Crippen LogP contribution is 2.41. The van der Waals surface area contributed by atoms with E-state index in [4.69, 9.17) is 10.1 Å². The highest BCUT2D eigenvalue weighted by molar-refractivity contribution is 6.07. The topological polar surface area (TPSA) is 51.0 Å². The van der Waals surface area contributed by atoms with Crippen LogP contribution in [-0.4, -0.2) is 37.7 Å². The van der Waals surface area contributed by atoms with Crippen LogP contribution in [0.2, 0.25) is 0 Å². The van der Waals surface area contributed by atoms with Gasteiger partial charge in [0.2, 0.25) is 0 Å². The maximum absolute atomic E-state index is 13.5. The van der Waals surface area contributed by atoms with Crippen LogP contribution >= 0.6 is 0 Å². The normalized spacial score (nSPS) is 18.0. The maximum atomic E-state index is 13.5. The number of pyridine rings is 1. The van der Waals surface area contributed by atoms with Crippen molar-refractivity contribution in [2.75, 3.05) is 0 Å². The Morgan fingerprint density at radius 3 is 2.38 bits per heavy atom. The summed E-state index contributed by atoms with van der Waals surface area (Å²) in [7, 11) is 0. The maximum Gasteiger partial charge on any atom is 0.255 e. The molecular formula is C21H30N4O. The second-order valence-corrected chi connectivity index (χ2v) is 9.27. The van der Waals surface area contributed by atoms with Gasteiger partial charge in [0.15, 0.2) is 5.65 Å². The van der Waals surface area contributed by atoms with Crippen molar-refractivity contribution < 1.29 is 4.79 Å². The Kier molecular flexibility index (Phi) is 3.90. The number of amides is 1. The summed E-state index contributed by atoms with van der Waals surface area (Å²) in [6, 6.07) is 2.66. The minimum atomic E-state index is -0.170. The molecule has 2 fully saturated rings. The zero-order valence-corrected chi connectivity index (χ0v) is 16.8. The van der Waals surface area contributed by atoms with Gasteiger partial charge in [-0.05, 0) is 73.3 Å². The Morgan fingerprint density at radius 1 is 1.23 bits per heavy atom. The lowest BCUT2D eigenvalue weighted by Gasteiger charge is -2.27. The Labute approximate surface area is 155 Å². The molecule has 2 saturated carbocycles. The molecular weight excluding hydrogens is 324 g/mol. The molecule has 1 amide bonds. The third-order valence-electron chi connectivity index (χ3n) is 5.43. The smallest absolute Gasteiger partial charge is 0.255 e. The molecule has 0 radical (unpaired) electrons. The Bertz CT molecular complexity index is 864. The van der Waals surface area contributed by atoms with E-state index in [1.165, 1.54) is 12.8 Å². The van der Waals surface area contributed by atoms with Gasteiger partial charge in [0, 0.05) is 23.7 Å². The van der Waals surface area contributed by atoms with Crippen molar-refractivity contribution in [3.63, 3.8) is 0 Å². The van der Waals surface area contributed by atoms with Crippen LogP contribution in [0, 0.1) is 6.92 Å². The van der Waals surface area contributed by atoms with E-state index in [0.717, 1.165) is 40.8 Å². The van der Waals surface area contributed by atoms with E-state index in [-0.39, 0.29) is 17.5 Å². The third kappa shape index (κ3) is 2.91. The lowest BCUT2D eigenvalue weighted by Crippen LogP contribution is -2.39. The van der Waals surface area contributed by atoms with Crippen LogP contribution < -0.4 is 0 Å². The van der Waals surface area contributed by atoms with Gasteiger partial charge in [-0.2, -0.15) is 5.10 Å². The van der Waals surface area contributed by atoms with Crippen molar-refractivity contribution >= 4 is 16.9 Å². The van der Waals surface area contributed by atoms with Crippen LogP contribution in [0.1, 0.15) is 88.0 Å². The fraction of sp³-hybridized carbons (Fsp3) is 0.667. The van der Waals surface area contributed by atoms with E-state index >= 15 is 0 Å². The van der Waals surface area contributed by atoms with Gasteiger partial charge in [0.25, 0.3) is 5.91 Å². The van der Waals surface area contributed by atoms with Crippen molar-refractivity contribution in [3.05, 3.63) is 23.0 Å². The summed E-state index contributed by atoms with van der Waals surface area (Å²) in [4.78, 5) is 20.6. The number of hydrogen-bond donors (Lipinski definition) is 0. The standard InChI is InChI=1S/C21H30N4O/c1-12(2)24(15-9-10-15)20(26)16-11-17(14-7-8-14)22-19-18(16)13(3)23-25(19)21(4,5)6/h11-12,14-15H,7-10H2,1-6H3. The molecule has 0 spiro atoms. The summed E-state index contributed by atoms with van der Waals surface area (Å²) in [5.74, 6) is 0.649. The molecule has 0 unspecified atom stereocenters. The monoisotopic (exact) mass is 354 g/mol. The second kappa shape index (κ2) is 5.80. The second-order valence-electron chi connectivity index (χ2n) is 9.27. The molecule has 0 aromatic carbocycles. The first-order valence-electron chi connectivity index (χ1n) is 9.92. The number of fused-ring (bicyclic) bond motifs is 1. The summed E-state index contributed by atoms with van der Waals surface area (Å²) in [5.41, 5.74) is 3.45. The van der Waals surface area contributed by atoms with Gasteiger partial charge in [0.05, 0.1) is 22.2 Å². The minimum Gasteiger partial charge on any atom is -0.333 e. The Morgan fingerprint density at radius 2 is 1.88 bits per heavy atom. The molecule has 0 bridgehead atoms. The largest absolute Gasteiger partial charge is 0.333 e. The van der Waals surface area contributed by atoms with E-state index in [9.17, 15) is 4.79 Å². The summed E-state index contributed by atoms with van der Waals surface area (Å²) in [5, 5.41) is 5.70. The average Bonchev–Trinajstić information content (AvgIpc) is 3.44. The molecule has 2 aromatic heterocycles. The summed E-state index contributed by atoms with van der Waals surface area (Å²) >= 11 is 0. The highest BCUT2D eigenvalue weighted by atomic mass is 16.2. The Hall–Kier alpha value is -1.91. The van der Waals surface area contributed by atoms with Gasteiger partial charge < -0.3 is 4.90 Å². The fourth-order valence-electron chi connectivity index (χ4n) is 3.85. The molecule has 5 nitrogen and oxygen atoms in total.